The average Bonchev–Trinajstić information content (AvgIpc) is 2.87. The summed E-state index contributed by atoms with van der Waals surface area (Å²) >= 11 is 5.33. The summed E-state index contributed by atoms with van der Waals surface area (Å²) < 4.78 is 13.8. The molecule has 0 amide bonds. The van der Waals surface area contributed by atoms with Gasteiger partial charge in [0.2, 0.25) is 0 Å². The SMILES string of the molecule is CCNC(Cc1ccc(F)c(Br)c1)C1CCCS1. The van der Waals surface area contributed by atoms with Crippen LogP contribution in [0.25, 0.3) is 0 Å². The topological polar surface area (TPSA) is 12.0 Å². The van der Waals surface area contributed by atoms with E-state index >= 15 is 0 Å². The van der Waals surface area contributed by atoms with E-state index in [0.29, 0.717) is 15.8 Å². The van der Waals surface area contributed by atoms with Crippen LogP contribution < -0.4 is 5.32 Å². The van der Waals surface area contributed by atoms with Crippen molar-refractivity contribution in [1.29, 1.82) is 0 Å². The first-order valence-corrected chi connectivity index (χ1v) is 8.33. The average molecular weight is 332 g/mol. The van der Waals surface area contributed by atoms with Gasteiger partial charge in [-0.2, -0.15) is 11.8 Å². The van der Waals surface area contributed by atoms with Crippen LogP contribution in [0, 0.1) is 5.82 Å². The van der Waals surface area contributed by atoms with E-state index < -0.39 is 0 Å². The van der Waals surface area contributed by atoms with Crippen molar-refractivity contribution in [3.8, 4) is 0 Å². The molecule has 2 rings (SSSR count). The maximum absolute atomic E-state index is 13.2. The Morgan fingerprint density at radius 2 is 2.39 bits per heavy atom. The molecule has 2 unspecified atom stereocenters. The highest BCUT2D eigenvalue weighted by Crippen LogP contribution is 2.30. The molecular formula is C14H19BrFNS. The van der Waals surface area contributed by atoms with Gasteiger partial charge in [0.05, 0.1) is 4.47 Å². The third kappa shape index (κ3) is 3.72. The van der Waals surface area contributed by atoms with E-state index in [-0.39, 0.29) is 5.82 Å². The number of nitrogens with one attached hydrogen (secondary N) is 1. The summed E-state index contributed by atoms with van der Waals surface area (Å²) in [6.07, 6.45) is 3.60. The fourth-order valence-corrected chi connectivity index (χ4v) is 4.26. The molecule has 0 spiro atoms. The highest BCUT2D eigenvalue weighted by atomic mass is 79.9. The highest BCUT2D eigenvalue weighted by molar-refractivity contribution is 9.10. The van der Waals surface area contributed by atoms with E-state index in [1.807, 2.05) is 12.1 Å². The van der Waals surface area contributed by atoms with Crippen molar-refractivity contribution in [2.45, 2.75) is 37.5 Å². The quantitative estimate of drug-likeness (QED) is 0.875. The van der Waals surface area contributed by atoms with Crippen molar-refractivity contribution >= 4 is 27.7 Å². The smallest absolute Gasteiger partial charge is 0.137 e. The Balaban J connectivity index is 2.04. The van der Waals surface area contributed by atoms with Gasteiger partial charge in [0, 0.05) is 11.3 Å². The summed E-state index contributed by atoms with van der Waals surface area (Å²) in [6, 6.07) is 5.84. The summed E-state index contributed by atoms with van der Waals surface area (Å²) in [7, 11) is 0. The van der Waals surface area contributed by atoms with Crippen molar-refractivity contribution in [3.63, 3.8) is 0 Å². The lowest BCUT2D eigenvalue weighted by atomic mass is 10.0. The van der Waals surface area contributed by atoms with Crippen LogP contribution in [0.3, 0.4) is 0 Å². The molecule has 1 nitrogen and oxygen atoms in total. The Kier molecular flexibility index (Phi) is 5.52. The number of likely N-dealkylation sites (N-methyl/N-ethyl adjacent to an activating group) is 1. The molecule has 0 aliphatic carbocycles. The minimum Gasteiger partial charge on any atom is -0.313 e. The van der Waals surface area contributed by atoms with Gasteiger partial charge >= 0.3 is 0 Å². The van der Waals surface area contributed by atoms with Crippen molar-refractivity contribution in [1.82, 2.24) is 5.32 Å². The molecule has 2 atom stereocenters. The van der Waals surface area contributed by atoms with Crippen LogP contribution in [0.15, 0.2) is 22.7 Å². The summed E-state index contributed by atoms with van der Waals surface area (Å²) in [6.45, 7) is 3.14. The second kappa shape index (κ2) is 6.92. The van der Waals surface area contributed by atoms with Gasteiger partial charge in [-0.15, -0.1) is 0 Å². The molecule has 1 aromatic rings. The van der Waals surface area contributed by atoms with E-state index in [2.05, 4.69) is 39.9 Å². The number of thioether (sulfide) groups is 1. The van der Waals surface area contributed by atoms with Gasteiger partial charge in [-0.05, 0) is 65.2 Å². The van der Waals surface area contributed by atoms with Crippen molar-refractivity contribution in [2.24, 2.45) is 0 Å². The molecule has 18 heavy (non-hydrogen) atoms. The lowest BCUT2D eigenvalue weighted by Gasteiger charge is -2.24. The molecule has 1 fully saturated rings. The zero-order valence-electron chi connectivity index (χ0n) is 10.6. The Morgan fingerprint density at radius 3 is 3.00 bits per heavy atom. The number of rotatable bonds is 5. The van der Waals surface area contributed by atoms with Crippen molar-refractivity contribution in [2.75, 3.05) is 12.3 Å². The summed E-state index contributed by atoms with van der Waals surface area (Å²) in [5, 5.41) is 4.28. The van der Waals surface area contributed by atoms with Crippen LogP contribution in [0.2, 0.25) is 0 Å². The Hall–Kier alpha value is -0.0600. The summed E-state index contributed by atoms with van der Waals surface area (Å²) in [5.41, 5.74) is 1.20. The molecule has 1 saturated heterocycles. The van der Waals surface area contributed by atoms with Gasteiger partial charge in [0.15, 0.2) is 0 Å². The highest BCUT2D eigenvalue weighted by Gasteiger charge is 2.25. The fraction of sp³-hybridized carbons (Fsp3) is 0.571. The van der Waals surface area contributed by atoms with Crippen LogP contribution in [-0.4, -0.2) is 23.6 Å². The number of hydrogen-bond acceptors (Lipinski definition) is 2. The predicted octanol–water partition coefficient (Wildman–Crippen LogP) is 4.00. The zero-order valence-corrected chi connectivity index (χ0v) is 13.0. The van der Waals surface area contributed by atoms with Gasteiger partial charge in [0.25, 0.3) is 0 Å². The molecule has 100 valence electrons. The van der Waals surface area contributed by atoms with E-state index in [1.165, 1.54) is 24.2 Å². The molecule has 1 aromatic carbocycles. The molecular weight excluding hydrogens is 313 g/mol. The maximum Gasteiger partial charge on any atom is 0.137 e. The predicted molar refractivity (Wildman–Crippen MR) is 80.7 cm³/mol. The van der Waals surface area contributed by atoms with E-state index in [9.17, 15) is 4.39 Å². The van der Waals surface area contributed by atoms with Crippen LogP contribution in [0.1, 0.15) is 25.3 Å². The lowest BCUT2D eigenvalue weighted by molar-refractivity contribution is 0.495. The standard InChI is InChI=1S/C14H19BrFNS/c1-2-17-13(14-4-3-7-18-14)9-10-5-6-12(16)11(15)8-10/h5-6,8,13-14,17H,2-4,7,9H2,1H3. The minimum atomic E-state index is -0.186. The van der Waals surface area contributed by atoms with Gasteiger partial charge < -0.3 is 5.32 Å². The van der Waals surface area contributed by atoms with Crippen LogP contribution in [-0.2, 0) is 6.42 Å². The molecule has 0 aromatic heterocycles. The number of benzene rings is 1. The number of halogens is 2. The molecule has 1 aliphatic heterocycles. The Labute approximate surface area is 121 Å². The normalized spacial score (nSPS) is 21.2. The molecule has 4 heteroatoms. The number of hydrogen-bond donors (Lipinski definition) is 1. The molecule has 1 aliphatic rings. The van der Waals surface area contributed by atoms with Gasteiger partial charge in [-0.3, -0.25) is 0 Å². The van der Waals surface area contributed by atoms with Gasteiger partial charge in [0.1, 0.15) is 5.82 Å². The maximum atomic E-state index is 13.2. The second-order valence-corrected chi connectivity index (χ2v) is 6.87. The lowest BCUT2D eigenvalue weighted by Crippen LogP contribution is -2.38. The van der Waals surface area contributed by atoms with E-state index in [1.54, 1.807) is 6.07 Å². The fourth-order valence-electron chi connectivity index (χ4n) is 2.44. The molecule has 0 saturated carbocycles. The van der Waals surface area contributed by atoms with Crippen LogP contribution in [0.4, 0.5) is 4.39 Å². The third-order valence-corrected chi connectivity index (χ3v) is 5.44. The van der Waals surface area contributed by atoms with E-state index in [4.69, 9.17) is 0 Å². The first kappa shape index (κ1) is 14.4. The molecule has 1 N–H and O–H groups in total. The summed E-state index contributed by atoms with van der Waals surface area (Å²) in [5.74, 6) is 1.09. The first-order valence-electron chi connectivity index (χ1n) is 6.49. The first-order chi connectivity index (χ1) is 8.70. The van der Waals surface area contributed by atoms with Crippen molar-refractivity contribution < 1.29 is 4.39 Å². The summed E-state index contributed by atoms with van der Waals surface area (Å²) in [4.78, 5) is 0. The minimum absolute atomic E-state index is 0.186. The Morgan fingerprint density at radius 1 is 1.56 bits per heavy atom. The van der Waals surface area contributed by atoms with Crippen LogP contribution >= 0.6 is 27.7 Å². The molecule has 0 radical (unpaired) electrons. The second-order valence-electron chi connectivity index (χ2n) is 4.67. The van der Waals surface area contributed by atoms with Gasteiger partial charge in [-0.1, -0.05) is 13.0 Å². The third-order valence-electron chi connectivity index (χ3n) is 3.32. The van der Waals surface area contributed by atoms with Crippen molar-refractivity contribution in [3.05, 3.63) is 34.1 Å². The largest absolute Gasteiger partial charge is 0.313 e. The molecule has 0 bridgehead atoms. The van der Waals surface area contributed by atoms with Crippen LogP contribution in [0.5, 0.6) is 0 Å². The van der Waals surface area contributed by atoms with E-state index in [0.717, 1.165) is 13.0 Å². The zero-order chi connectivity index (χ0) is 13.0. The Bertz CT molecular complexity index is 393. The van der Waals surface area contributed by atoms with Gasteiger partial charge in [-0.25, -0.2) is 4.39 Å². The molecule has 1 heterocycles. The monoisotopic (exact) mass is 331 g/mol.